The summed E-state index contributed by atoms with van der Waals surface area (Å²) in [7, 11) is 0. The summed E-state index contributed by atoms with van der Waals surface area (Å²) in [6, 6.07) is 3.53. The number of halogens is 1. The van der Waals surface area contributed by atoms with Crippen molar-refractivity contribution >= 4 is 39.5 Å². The molecule has 0 aliphatic rings. The SMILES string of the molecule is O=C(NCc1cn2cc(Cl)ccc2n1)c1cnc2sccn2c1=O. The highest BCUT2D eigenvalue weighted by Gasteiger charge is 2.14. The molecule has 0 aromatic carbocycles. The Labute approximate surface area is 144 Å². The number of nitrogens with one attached hydrogen (secondary N) is 1. The largest absolute Gasteiger partial charge is 0.346 e. The normalized spacial score (nSPS) is 11.2. The van der Waals surface area contributed by atoms with E-state index in [-0.39, 0.29) is 17.7 Å². The molecule has 0 saturated heterocycles. The maximum absolute atomic E-state index is 12.3. The minimum Gasteiger partial charge on any atom is -0.346 e. The highest BCUT2D eigenvalue weighted by Crippen LogP contribution is 2.12. The van der Waals surface area contributed by atoms with Crippen molar-refractivity contribution in [2.24, 2.45) is 0 Å². The van der Waals surface area contributed by atoms with E-state index in [2.05, 4.69) is 15.3 Å². The quantitative estimate of drug-likeness (QED) is 0.606. The molecular formula is C15H10ClN5O2S. The summed E-state index contributed by atoms with van der Waals surface area (Å²) in [5.74, 6) is -0.483. The van der Waals surface area contributed by atoms with Crippen LogP contribution in [0, 0.1) is 0 Å². The number of pyridine rings is 1. The van der Waals surface area contributed by atoms with E-state index in [9.17, 15) is 9.59 Å². The smallest absolute Gasteiger partial charge is 0.271 e. The standard InChI is InChI=1S/C15H10ClN5O2S/c16-9-1-2-12-19-10(8-20(12)7-9)5-17-13(22)11-6-18-15-21(14(11)23)3-4-24-15/h1-4,6-8H,5H2,(H,17,22). The predicted octanol–water partition coefficient (Wildman–Crippen LogP) is 1.99. The lowest BCUT2D eigenvalue weighted by atomic mass is 10.3. The Hall–Kier alpha value is -2.71. The Morgan fingerprint density at radius 1 is 1.33 bits per heavy atom. The van der Waals surface area contributed by atoms with Gasteiger partial charge >= 0.3 is 0 Å². The summed E-state index contributed by atoms with van der Waals surface area (Å²) in [6.45, 7) is 0.198. The third-order valence-electron chi connectivity index (χ3n) is 3.48. The predicted molar refractivity (Wildman–Crippen MR) is 90.7 cm³/mol. The van der Waals surface area contributed by atoms with Crippen LogP contribution in [-0.4, -0.2) is 24.7 Å². The number of carbonyl (C=O) groups is 1. The monoisotopic (exact) mass is 359 g/mol. The van der Waals surface area contributed by atoms with Crippen LogP contribution >= 0.6 is 22.9 Å². The lowest BCUT2D eigenvalue weighted by molar-refractivity contribution is 0.0948. The first-order chi connectivity index (χ1) is 11.6. The zero-order chi connectivity index (χ0) is 16.7. The van der Waals surface area contributed by atoms with Gasteiger partial charge in [-0.05, 0) is 12.1 Å². The summed E-state index contributed by atoms with van der Waals surface area (Å²) in [6.07, 6.45) is 6.40. The van der Waals surface area contributed by atoms with Crippen molar-refractivity contribution in [3.8, 4) is 0 Å². The summed E-state index contributed by atoms with van der Waals surface area (Å²) in [5, 5.41) is 5.03. The van der Waals surface area contributed by atoms with Crippen LogP contribution in [0.25, 0.3) is 10.6 Å². The first-order valence-electron chi connectivity index (χ1n) is 6.98. The van der Waals surface area contributed by atoms with Gasteiger partial charge in [0.15, 0.2) is 4.96 Å². The fourth-order valence-electron chi connectivity index (χ4n) is 2.35. The molecule has 0 aliphatic heterocycles. The molecule has 24 heavy (non-hydrogen) atoms. The van der Waals surface area contributed by atoms with Gasteiger partial charge in [0.25, 0.3) is 11.5 Å². The van der Waals surface area contributed by atoms with E-state index < -0.39 is 5.91 Å². The van der Waals surface area contributed by atoms with Gasteiger partial charge < -0.3 is 9.72 Å². The molecule has 0 radical (unpaired) electrons. The topological polar surface area (TPSA) is 80.8 Å². The van der Waals surface area contributed by atoms with Gasteiger partial charge in [-0.25, -0.2) is 9.97 Å². The molecule has 120 valence electrons. The molecule has 1 amide bonds. The van der Waals surface area contributed by atoms with E-state index in [0.717, 1.165) is 5.65 Å². The number of carbonyl (C=O) groups excluding carboxylic acids is 1. The summed E-state index contributed by atoms with van der Waals surface area (Å²) >= 11 is 7.26. The minimum atomic E-state index is -0.483. The van der Waals surface area contributed by atoms with E-state index >= 15 is 0 Å². The minimum absolute atomic E-state index is 0.00212. The molecule has 9 heteroatoms. The van der Waals surface area contributed by atoms with Gasteiger partial charge in [-0.3, -0.25) is 14.0 Å². The highest BCUT2D eigenvalue weighted by atomic mass is 35.5. The van der Waals surface area contributed by atoms with Crippen molar-refractivity contribution in [3.05, 3.63) is 68.9 Å². The van der Waals surface area contributed by atoms with Crippen LogP contribution in [0.15, 0.2) is 47.1 Å². The van der Waals surface area contributed by atoms with E-state index in [1.165, 1.54) is 21.9 Å². The number of thiazole rings is 1. The van der Waals surface area contributed by atoms with Crippen molar-refractivity contribution in [2.45, 2.75) is 6.54 Å². The van der Waals surface area contributed by atoms with E-state index in [1.807, 2.05) is 0 Å². The van der Waals surface area contributed by atoms with Crippen molar-refractivity contribution < 1.29 is 4.79 Å². The van der Waals surface area contributed by atoms with Crippen LogP contribution in [0.1, 0.15) is 16.1 Å². The molecule has 7 nitrogen and oxygen atoms in total. The molecular weight excluding hydrogens is 350 g/mol. The maximum Gasteiger partial charge on any atom is 0.271 e. The molecule has 1 N–H and O–H groups in total. The molecule has 0 bridgehead atoms. The number of amides is 1. The first kappa shape index (κ1) is 14.9. The number of nitrogens with zero attached hydrogens (tertiary/aromatic N) is 4. The average molecular weight is 360 g/mol. The van der Waals surface area contributed by atoms with Crippen molar-refractivity contribution in [1.82, 2.24) is 24.1 Å². The molecule has 0 atom stereocenters. The van der Waals surface area contributed by atoms with Crippen LogP contribution < -0.4 is 10.9 Å². The highest BCUT2D eigenvalue weighted by molar-refractivity contribution is 7.15. The zero-order valence-corrected chi connectivity index (χ0v) is 13.7. The van der Waals surface area contributed by atoms with Crippen molar-refractivity contribution in [1.29, 1.82) is 0 Å². The number of aromatic nitrogens is 4. The van der Waals surface area contributed by atoms with Crippen LogP contribution in [-0.2, 0) is 6.54 Å². The molecule has 4 aromatic heterocycles. The van der Waals surface area contributed by atoms with Crippen molar-refractivity contribution in [3.63, 3.8) is 0 Å². The lowest BCUT2D eigenvalue weighted by Gasteiger charge is -2.02. The van der Waals surface area contributed by atoms with Gasteiger partial charge in [-0.15, -0.1) is 11.3 Å². The molecule has 4 rings (SSSR count). The van der Waals surface area contributed by atoms with Gasteiger partial charge in [0.1, 0.15) is 11.2 Å². The van der Waals surface area contributed by atoms with E-state index in [4.69, 9.17) is 11.6 Å². The zero-order valence-electron chi connectivity index (χ0n) is 12.1. The van der Waals surface area contributed by atoms with Gasteiger partial charge in [0.05, 0.1) is 17.3 Å². The van der Waals surface area contributed by atoms with Gasteiger partial charge in [-0.1, -0.05) is 11.6 Å². The summed E-state index contributed by atoms with van der Waals surface area (Å²) in [4.78, 5) is 33.5. The van der Waals surface area contributed by atoms with Crippen LogP contribution in [0.5, 0.6) is 0 Å². The van der Waals surface area contributed by atoms with Gasteiger partial charge in [-0.2, -0.15) is 0 Å². The number of hydrogen-bond acceptors (Lipinski definition) is 5. The van der Waals surface area contributed by atoms with Crippen LogP contribution in [0.2, 0.25) is 5.02 Å². The van der Waals surface area contributed by atoms with Crippen molar-refractivity contribution in [2.75, 3.05) is 0 Å². The molecule has 0 fully saturated rings. The Kier molecular flexibility index (Phi) is 3.55. The number of imidazole rings is 1. The maximum atomic E-state index is 12.3. The second kappa shape index (κ2) is 5.73. The molecule has 0 spiro atoms. The van der Waals surface area contributed by atoms with Crippen LogP contribution in [0.4, 0.5) is 0 Å². The van der Waals surface area contributed by atoms with Gasteiger partial charge in [0, 0.05) is 30.2 Å². The fraction of sp³-hybridized carbons (Fsp3) is 0.0667. The lowest BCUT2D eigenvalue weighted by Crippen LogP contribution is -2.30. The third kappa shape index (κ3) is 2.55. The van der Waals surface area contributed by atoms with Gasteiger partial charge in [0.2, 0.25) is 0 Å². The first-order valence-corrected chi connectivity index (χ1v) is 8.24. The molecule has 4 aromatic rings. The Morgan fingerprint density at radius 3 is 3.08 bits per heavy atom. The summed E-state index contributed by atoms with van der Waals surface area (Å²) < 4.78 is 3.13. The third-order valence-corrected chi connectivity index (χ3v) is 4.48. The molecule has 4 heterocycles. The molecule has 0 saturated carbocycles. The number of hydrogen-bond donors (Lipinski definition) is 1. The van der Waals surface area contributed by atoms with E-state index in [0.29, 0.717) is 15.7 Å². The summed E-state index contributed by atoms with van der Waals surface area (Å²) in [5.41, 5.74) is 0.999. The fourth-order valence-corrected chi connectivity index (χ4v) is 3.19. The van der Waals surface area contributed by atoms with E-state index in [1.54, 1.807) is 40.5 Å². The Morgan fingerprint density at radius 2 is 2.21 bits per heavy atom. The van der Waals surface area contributed by atoms with Crippen LogP contribution in [0.3, 0.4) is 0 Å². The second-order valence-electron chi connectivity index (χ2n) is 5.06. The molecule has 0 unspecified atom stereocenters. The second-order valence-corrected chi connectivity index (χ2v) is 6.37. The average Bonchev–Trinajstić information content (AvgIpc) is 3.19. The number of rotatable bonds is 3. The number of fused-ring (bicyclic) bond motifs is 2. The Balaban J connectivity index is 1.56. The molecule has 0 aliphatic carbocycles. The Bertz CT molecular complexity index is 1130.